The molecule has 0 atom stereocenters. The second kappa shape index (κ2) is 7.72. The Morgan fingerprint density at radius 3 is 2.27 bits per heavy atom. The molecule has 0 aromatic heterocycles. The second-order valence-electron chi connectivity index (χ2n) is 6.87. The van der Waals surface area contributed by atoms with Crippen molar-refractivity contribution in [2.75, 3.05) is 6.79 Å². The molecule has 2 heterocycles. The minimum absolute atomic E-state index is 0.170. The number of nitrogens with zero attached hydrogens (tertiary/aromatic N) is 1. The van der Waals surface area contributed by atoms with E-state index in [0.717, 1.165) is 16.0 Å². The first kappa shape index (κ1) is 18.5. The highest BCUT2D eigenvalue weighted by atomic mass is 32.2. The standard InChI is InChI=1S/C24H17NO4S/c26-23-21(17-7-3-1-4-8-17)22(30-18-9-5-2-6-10-18)24(27)25(23)14-16-11-12-19-20(13-16)29-15-28-19/h1-13H,14-15H2. The van der Waals surface area contributed by atoms with Gasteiger partial charge in [-0.15, -0.1) is 0 Å². The summed E-state index contributed by atoms with van der Waals surface area (Å²) >= 11 is 1.32. The average molecular weight is 415 g/mol. The van der Waals surface area contributed by atoms with E-state index in [0.29, 0.717) is 22.0 Å². The first-order chi connectivity index (χ1) is 14.7. The molecule has 5 nitrogen and oxygen atoms in total. The van der Waals surface area contributed by atoms with Gasteiger partial charge in [-0.1, -0.05) is 66.4 Å². The van der Waals surface area contributed by atoms with Crippen LogP contribution in [0.4, 0.5) is 0 Å². The predicted molar refractivity (Wildman–Crippen MR) is 114 cm³/mol. The highest BCUT2D eigenvalue weighted by molar-refractivity contribution is 8.04. The first-order valence-corrected chi connectivity index (χ1v) is 10.3. The van der Waals surface area contributed by atoms with Gasteiger partial charge in [-0.25, -0.2) is 0 Å². The fraction of sp³-hybridized carbons (Fsp3) is 0.0833. The number of benzene rings is 3. The molecule has 3 aromatic carbocycles. The van der Waals surface area contributed by atoms with Crippen molar-refractivity contribution in [1.82, 2.24) is 4.90 Å². The maximum absolute atomic E-state index is 13.3. The van der Waals surface area contributed by atoms with Crippen LogP contribution in [-0.2, 0) is 16.1 Å². The average Bonchev–Trinajstić information content (AvgIpc) is 3.33. The molecule has 0 N–H and O–H groups in total. The Morgan fingerprint density at radius 2 is 1.50 bits per heavy atom. The Bertz CT molecular complexity index is 1160. The van der Waals surface area contributed by atoms with E-state index in [4.69, 9.17) is 9.47 Å². The molecule has 148 valence electrons. The third-order valence-corrected chi connectivity index (χ3v) is 6.02. The number of rotatable bonds is 5. The summed E-state index contributed by atoms with van der Waals surface area (Å²) in [6.45, 7) is 0.349. The fourth-order valence-electron chi connectivity index (χ4n) is 3.48. The van der Waals surface area contributed by atoms with E-state index >= 15 is 0 Å². The van der Waals surface area contributed by atoms with Crippen LogP contribution in [0.25, 0.3) is 5.57 Å². The Hall–Kier alpha value is -3.51. The van der Waals surface area contributed by atoms with Crippen molar-refractivity contribution >= 4 is 29.1 Å². The lowest BCUT2D eigenvalue weighted by atomic mass is 10.1. The van der Waals surface area contributed by atoms with Gasteiger partial charge in [0.25, 0.3) is 11.8 Å². The van der Waals surface area contributed by atoms with E-state index in [9.17, 15) is 9.59 Å². The largest absolute Gasteiger partial charge is 0.454 e. The van der Waals surface area contributed by atoms with Gasteiger partial charge in [0.2, 0.25) is 6.79 Å². The Morgan fingerprint density at radius 1 is 0.800 bits per heavy atom. The summed E-state index contributed by atoms with van der Waals surface area (Å²) in [7, 11) is 0. The third-order valence-electron chi connectivity index (χ3n) is 4.93. The van der Waals surface area contributed by atoms with E-state index in [1.165, 1.54) is 16.7 Å². The van der Waals surface area contributed by atoms with Crippen LogP contribution in [0, 0.1) is 0 Å². The van der Waals surface area contributed by atoms with Crippen molar-refractivity contribution in [3.8, 4) is 11.5 Å². The third kappa shape index (κ3) is 3.35. The molecule has 0 spiro atoms. The lowest BCUT2D eigenvalue weighted by molar-refractivity contribution is -0.137. The minimum Gasteiger partial charge on any atom is -0.454 e. The summed E-state index contributed by atoms with van der Waals surface area (Å²) in [4.78, 5) is 29.3. The summed E-state index contributed by atoms with van der Waals surface area (Å²) < 4.78 is 10.8. The zero-order valence-corrected chi connectivity index (χ0v) is 16.7. The van der Waals surface area contributed by atoms with Crippen LogP contribution in [-0.4, -0.2) is 23.5 Å². The molecule has 2 amide bonds. The van der Waals surface area contributed by atoms with Crippen molar-refractivity contribution in [2.45, 2.75) is 11.4 Å². The molecule has 2 aliphatic rings. The summed E-state index contributed by atoms with van der Waals surface area (Å²) in [5.41, 5.74) is 1.98. The molecule has 5 rings (SSSR count). The number of fused-ring (bicyclic) bond motifs is 1. The lowest BCUT2D eigenvalue weighted by Gasteiger charge is -2.15. The molecule has 30 heavy (non-hydrogen) atoms. The summed E-state index contributed by atoms with van der Waals surface area (Å²) in [6, 6.07) is 24.4. The predicted octanol–water partition coefficient (Wildman–Crippen LogP) is 4.49. The van der Waals surface area contributed by atoms with Crippen molar-refractivity contribution < 1.29 is 19.1 Å². The molecule has 3 aromatic rings. The van der Waals surface area contributed by atoms with Gasteiger partial charge in [-0.05, 0) is 35.4 Å². The summed E-state index contributed by atoms with van der Waals surface area (Å²) in [5, 5.41) is 0. The van der Waals surface area contributed by atoms with Crippen LogP contribution in [0.5, 0.6) is 11.5 Å². The molecule has 0 unspecified atom stereocenters. The SMILES string of the molecule is O=C1C(Sc2ccccc2)=C(c2ccccc2)C(=O)N1Cc1ccc2c(c1)OCO2. The van der Waals surface area contributed by atoms with Crippen LogP contribution in [0.3, 0.4) is 0 Å². The minimum atomic E-state index is -0.290. The van der Waals surface area contributed by atoms with Crippen LogP contribution in [0.1, 0.15) is 11.1 Å². The Balaban J connectivity index is 1.50. The number of carbonyl (C=O) groups is 2. The van der Waals surface area contributed by atoms with Crippen molar-refractivity contribution in [2.24, 2.45) is 0 Å². The van der Waals surface area contributed by atoms with Gasteiger partial charge in [0.05, 0.1) is 17.0 Å². The Labute approximate surface area is 177 Å². The van der Waals surface area contributed by atoms with Crippen molar-refractivity contribution in [3.05, 3.63) is 94.9 Å². The maximum atomic E-state index is 13.3. The van der Waals surface area contributed by atoms with Crippen molar-refractivity contribution in [3.63, 3.8) is 0 Å². The van der Waals surface area contributed by atoms with Crippen LogP contribution in [0.15, 0.2) is 88.7 Å². The first-order valence-electron chi connectivity index (χ1n) is 9.48. The molecular formula is C24H17NO4S. The van der Waals surface area contributed by atoms with Gasteiger partial charge in [-0.3, -0.25) is 14.5 Å². The number of hydrogen-bond donors (Lipinski definition) is 0. The number of amides is 2. The van der Waals surface area contributed by atoms with Gasteiger partial charge in [0.15, 0.2) is 11.5 Å². The molecule has 0 aliphatic carbocycles. The van der Waals surface area contributed by atoms with Crippen molar-refractivity contribution in [1.29, 1.82) is 0 Å². The molecule has 0 radical (unpaired) electrons. The molecular weight excluding hydrogens is 398 g/mol. The Kier molecular flexibility index (Phi) is 4.77. The normalized spacial score (nSPS) is 15.3. The lowest BCUT2D eigenvalue weighted by Crippen LogP contribution is -2.30. The fourth-order valence-corrected chi connectivity index (χ4v) is 4.51. The quantitative estimate of drug-likeness (QED) is 0.575. The van der Waals surface area contributed by atoms with E-state index in [-0.39, 0.29) is 25.2 Å². The smallest absolute Gasteiger partial charge is 0.268 e. The summed E-state index contributed by atoms with van der Waals surface area (Å²) in [6.07, 6.45) is 0. The van der Waals surface area contributed by atoms with Gasteiger partial charge in [0.1, 0.15) is 0 Å². The zero-order chi connectivity index (χ0) is 20.5. The number of carbonyl (C=O) groups excluding carboxylic acids is 2. The maximum Gasteiger partial charge on any atom is 0.268 e. The highest BCUT2D eigenvalue weighted by Crippen LogP contribution is 2.40. The number of thioether (sulfide) groups is 1. The number of hydrogen-bond acceptors (Lipinski definition) is 5. The van der Waals surface area contributed by atoms with Crippen LogP contribution >= 0.6 is 11.8 Å². The molecule has 0 fully saturated rings. The topological polar surface area (TPSA) is 55.8 Å². The second-order valence-corrected chi connectivity index (χ2v) is 7.95. The van der Waals surface area contributed by atoms with Crippen LogP contribution < -0.4 is 9.47 Å². The number of ether oxygens (including phenoxy) is 2. The molecule has 0 saturated heterocycles. The van der Waals surface area contributed by atoms with Crippen LogP contribution in [0.2, 0.25) is 0 Å². The highest BCUT2D eigenvalue weighted by Gasteiger charge is 2.39. The zero-order valence-electron chi connectivity index (χ0n) is 15.9. The van der Waals surface area contributed by atoms with Gasteiger partial charge >= 0.3 is 0 Å². The van der Waals surface area contributed by atoms with E-state index in [1.54, 1.807) is 6.07 Å². The number of imide groups is 1. The van der Waals surface area contributed by atoms with E-state index < -0.39 is 0 Å². The molecule has 2 aliphatic heterocycles. The molecule has 6 heteroatoms. The molecule has 0 bridgehead atoms. The van der Waals surface area contributed by atoms with Gasteiger partial charge in [-0.2, -0.15) is 0 Å². The summed E-state index contributed by atoms with van der Waals surface area (Å²) in [5.74, 6) is 0.718. The van der Waals surface area contributed by atoms with E-state index in [2.05, 4.69) is 0 Å². The van der Waals surface area contributed by atoms with Gasteiger partial charge in [0, 0.05) is 4.90 Å². The van der Waals surface area contributed by atoms with E-state index in [1.807, 2.05) is 72.8 Å². The van der Waals surface area contributed by atoms with Gasteiger partial charge < -0.3 is 9.47 Å². The monoisotopic (exact) mass is 415 g/mol. The molecule has 0 saturated carbocycles.